The van der Waals surface area contributed by atoms with Gasteiger partial charge in [0.2, 0.25) is 10.0 Å². The van der Waals surface area contributed by atoms with Crippen molar-refractivity contribution in [3.8, 4) is 5.82 Å². The Morgan fingerprint density at radius 3 is 2.61 bits per heavy atom. The molecule has 10 heteroatoms. The second-order valence-electron chi connectivity index (χ2n) is 7.73. The summed E-state index contributed by atoms with van der Waals surface area (Å²) in [5, 5.41) is 2.61. The third kappa shape index (κ3) is 4.91. The van der Waals surface area contributed by atoms with Crippen LogP contribution in [-0.2, 0) is 16.6 Å². The summed E-state index contributed by atoms with van der Waals surface area (Å²) in [6, 6.07) is 14.0. The number of carbonyl (C=O) groups is 1. The van der Waals surface area contributed by atoms with Crippen molar-refractivity contribution in [3.05, 3.63) is 84.1 Å². The number of fused-ring (bicyclic) bond motifs is 1. The van der Waals surface area contributed by atoms with E-state index in [4.69, 9.17) is 0 Å². The van der Waals surface area contributed by atoms with Gasteiger partial charge in [0, 0.05) is 18.8 Å². The van der Waals surface area contributed by atoms with Crippen LogP contribution in [0.15, 0.2) is 72.0 Å². The van der Waals surface area contributed by atoms with Gasteiger partial charge in [-0.05, 0) is 55.8 Å². The lowest BCUT2D eigenvalue weighted by molar-refractivity contribution is 0.0946. The Morgan fingerprint density at radius 2 is 1.88 bits per heavy atom. The van der Waals surface area contributed by atoms with Gasteiger partial charge in [-0.3, -0.25) is 9.36 Å². The van der Waals surface area contributed by atoms with Gasteiger partial charge in [-0.1, -0.05) is 18.2 Å². The number of sulfonamides is 1. The number of pyridine rings is 1. The number of amides is 1. The third-order valence-electron chi connectivity index (χ3n) is 4.85. The second kappa shape index (κ2) is 9.08. The van der Waals surface area contributed by atoms with Crippen molar-refractivity contribution < 1.29 is 17.6 Å². The summed E-state index contributed by atoms with van der Waals surface area (Å²) >= 11 is 0. The van der Waals surface area contributed by atoms with Crippen LogP contribution in [0.2, 0.25) is 0 Å². The standard InChI is InChI=1S/C23H22FN5O3S/c1-15(2)28-33(31,32)17-8-9-19(24)18(11-17)23(30)26-13-16-7-10-22(25-12-16)29-14-27-20-5-3-4-6-21(20)29/h3-12,14-15,28H,13H2,1-2H3,(H,26,30). The molecule has 2 N–H and O–H groups in total. The fraction of sp³-hybridized carbons (Fsp3) is 0.174. The van der Waals surface area contributed by atoms with Crippen LogP contribution in [0.3, 0.4) is 0 Å². The first kappa shape index (κ1) is 22.6. The maximum absolute atomic E-state index is 14.2. The van der Waals surface area contributed by atoms with Crippen molar-refractivity contribution in [2.75, 3.05) is 0 Å². The summed E-state index contributed by atoms with van der Waals surface area (Å²) in [6.07, 6.45) is 3.29. The molecule has 0 unspecified atom stereocenters. The number of benzene rings is 2. The topological polar surface area (TPSA) is 106 Å². The fourth-order valence-electron chi connectivity index (χ4n) is 3.31. The maximum Gasteiger partial charge on any atom is 0.254 e. The monoisotopic (exact) mass is 467 g/mol. The van der Waals surface area contributed by atoms with Crippen molar-refractivity contribution in [1.29, 1.82) is 0 Å². The van der Waals surface area contributed by atoms with Crippen molar-refractivity contribution in [3.63, 3.8) is 0 Å². The molecule has 2 aromatic heterocycles. The average molecular weight is 468 g/mol. The quantitative estimate of drug-likeness (QED) is 0.434. The molecular formula is C23H22FN5O3S. The first-order valence-electron chi connectivity index (χ1n) is 10.2. The van der Waals surface area contributed by atoms with Crippen LogP contribution in [0.4, 0.5) is 4.39 Å². The van der Waals surface area contributed by atoms with E-state index in [1.807, 2.05) is 28.8 Å². The minimum atomic E-state index is -3.86. The smallest absolute Gasteiger partial charge is 0.254 e. The van der Waals surface area contributed by atoms with Gasteiger partial charge in [-0.15, -0.1) is 0 Å². The Bertz CT molecular complexity index is 1420. The van der Waals surface area contributed by atoms with E-state index in [-0.39, 0.29) is 23.0 Å². The van der Waals surface area contributed by atoms with Gasteiger partial charge in [0.15, 0.2) is 0 Å². The molecule has 0 fully saturated rings. The van der Waals surface area contributed by atoms with E-state index in [1.54, 1.807) is 38.5 Å². The fourth-order valence-corrected chi connectivity index (χ4v) is 4.58. The minimum Gasteiger partial charge on any atom is -0.348 e. The summed E-state index contributed by atoms with van der Waals surface area (Å²) in [4.78, 5) is 21.1. The molecule has 33 heavy (non-hydrogen) atoms. The summed E-state index contributed by atoms with van der Waals surface area (Å²) in [5.74, 6) is -0.865. The molecule has 8 nitrogen and oxygen atoms in total. The van der Waals surface area contributed by atoms with E-state index in [9.17, 15) is 17.6 Å². The first-order valence-corrected chi connectivity index (χ1v) is 11.7. The number of aromatic nitrogens is 3. The summed E-state index contributed by atoms with van der Waals surface area (Å²) < 4.78 is 43.2. The van der Waals surface area contributed by atoms with Crippen LogP contribution in [-0.4, -0.2) is 34.9 Å². The van der Waals surface area contributed by atoms with Gasteiger partial charge < -0.3 is 5.32 Å². The Labute approximate surface area is 190 Å². The molecule has 4 rings (SSSR count). The molecule has 0 spiro atoms. The number of para-hydroxylation sites is 2. The molecule has 4 aromatic rings. The number of nitrogens with zero attached hydrogens (tertiary/aromatic N) is 3. The highest BCUT2D eigenvalue weighted by atomic mass is 32.2. The lowest BCUT2D eigenvalue weighted by atomic mass is 10.2. The molecule has 0 aliphatic heterocycles. The average Bonchev–Trinajstić information content (AvgIpc) is 3.21. The lowest BCUT2D eigenvalue weighted by Crippen LogP contribution is -2.31. The number of hydrogen-bond donors (Lipinski definition) is 2. The highest BCUT2D eigenvalue weighted by Gasteiger charge is 2.20. The van der Waals surface area contributed by atoms with E-state index in [0.717, 1.165) is 29.2 Å². The molecule has 0 saturated carbocycles. The van der Waals surface area contributed by atoms with Crippen LogP contribution in [0.1, 0.15) is 29.8 Å². The zero-order chi connectivity index (χ0) is 23.6. The largest absolute Gasteiger partial charge is 0.348 e. The van der Waals surface area contributed by atoms with Gasteiger partial charge in [-0.2, -0.15) is 0 Å². The van der Waals surface area contributed by atoms with Crippen molar-refractivity contribution in [2.45, 2.75) is 31.3 Å². The minimum absolute atomic E-state index is 0.0947. The normalized spacial score (nSPS) is 11.8. The molecule has 170 valence electrons. The van der Waals surface area contributed by atoms with Crippen molar-refractivity contribution in [1.82, 2.24) is 24.6 Å². The number of carbonyl (C=O) groups excluding carboxylic acids is 1. The van der Waals surface area contributed by atoms with E-state index in [0.29, 0.717) is 11.4 Å². The molecular weight excluding hydrogens is 445 g/mol. The van der Waals surface area contributed by atoms with Gasteiger partial charge in [0.05, 0.1) is 21.5 Å². The number of halogens is 1. The molecule has 2 heterocycles. The van der Waals surface area contributed by atoms with E-state index >= 15 is 0 Å². The van der Waals surface area contributed by atoms with Crippen LogP contribution >= 0.6 is 0 Å². The third-order valence-corrected chi connectivity index (χ3v) is 6.50. The lowest BCUT2D eigenvalue weighted by Gasteiger charge is -2.12. The zero-order valence-electron chi connectivity index (χ0n) is 18.0. The molecule has 2 aromatic carbocycles. The molecule has 0 atom stereocenters. The van der Waals surface area contributed by atoms with Crippen molar-refractivity contribution in [2.24, 2.45) is 0 Å². The van der Waals surface area contributed by atoms with Gasteiger partial charge in [-0.25, -0.2) is 27.5 Å². The molecule has 1 amide bonds. The second-order valence-corrected chi connectivity index (χ2v) is 9.44. The summed E-state index contributed by atoms with van der Waals surface area (Å²) in [7, 11) is -3.86. The highest BCUT2D eigenvalue weighted by Crippen LogP contribution is 2.18. The van der Waals surface area contributed by atoms with Crippen LogP contribution in [0.5, 0.6) is 0 Å². The van der Waals surface area contributed by atoms with Gasteiger partial charge >= 0.3 is 0 Å². The number of imidazole rings is 1. The SMILES string of the molecule is CC(C)NS(=O)(=O)c1ccc(F)c(C(=O)NCc2ccc(-n3cnc4ccccc43)nc2)c1. The summed E-state index contributed by atoms with van der Waals surface area (Å²) in [5.41, 5.74) is 2.12. The first-order chi connectivity index (χ1) is 15.7. The van der Waals surface area contributed by atoms with Crippen LogP contribution in [0, 0.1) is 5.82 Å². The van der Waals surface area contributed by atoms with Gasteiger partial charge in [0.1, 0.15) is 18.0 Å². The number of hydrogen-bond acceptors (Lipinski definition) is 5. The predicted molar refractivity (Wildman–Crippen MR) is 122 cm³/mol. The highest BCUT2D eigenvalue weighted by molar-refractivity contribution is 7.89. The Kier molecular flexibility index (Phi) is 6.21. The maximum atomic E-state index is 14.2. The molecule has 0 aliphatic rings. The van der Waals surface area contributed by atoms with E-state index < -0.39 is 21.7 Å². The van der Waals surface area contributed by atoms with Crippen LogP contribution < -0.4 is 10.0 Å². The number of nitrogens with one attached hydrogen (secondary N) is 2. The Hall–Kier alpha value is -3.63. The summed E-state index contributed by atoms with van der Waals surface area (Å²) in [6.45, 7) is 3.43. The zero-order valence-corrected chi connectivity index (χ0v) is 18.8. The Balaban J connectivity index is 1.47. The Morgan fingerprint density at radius 1 is 1.09 bits per heavy atom. The molecule has 0 aliphatic carbocycles. The van der Waals surface area contributed by atoms with E-state index in [1.165, 1.54) is 0 Å². The number of rotatable bonds is 7. The molecule has 0 radical (unpaired) electrons. The van der Waals surface area contributed by atoms with Crippen LogP contribution in [0.25, 0.3) is 16.9 Å². The van der Waals surface area contributed by atoms with Gasteiger partial charge in [0.25, 0.3) is 5.91 Å². The molecule has 0 bridgehead atoms. The molecule has 0 saturated heterocycles. The van der Waals surface area contributed by atoms with Crippen molar-refractivity contribution >= 4 is 27.0 Å². The van der Waals surface area contributed by atoms with E-state index in [2.05, 4.69) is 20.0 Å². The predicted octanol–water partition coefficient (Wildman–Crippen LogP) is 3.18.